The van der Waals surface area contributed by atoms with Gasteiger partial charge in [-0.1, -0.05) is 17.7 Å². The van der Waals surface area contributed by atoms with Crippen LogP contribution >= 0.6 is 11.6 Å². The zero-order valence-electron chi connectivity index (χ0n) is 11.2. The third-order valence-corrected chi connectivity index (χ3v) is 4.17. The number of benzene rings is 1. The second-order valence-electron chi connectivity index (χ2n) is 5.06. The summed E-state index contributed by atoms with van der Waals surface area (Å²) in [5.41, 5.74) is 3.31. The van der Waals surface area contributed by atoms with E-state index in [0.717, 1.165) is 30.8 Å². The van der Waals surface area contributed by atoms with Crippen LogP contribution in [0.4, 0.5) is 4.39 Å². The van der Waals surface area contributed by atoms with Gasteiger partial charge in [0, 0.05) is 25.3 Å². The van der Waals surface area contributed by atoms with Crippen LogP contribution < -0.4 is 0 Å². The summed E-state index contributed by atoms with van der Waals surface area (Å²) in [7, 11) is 0. The number of hydrogen-bond acceptors (Lipinski definition) is 3. The minimum absolute atomic E-state index is 0.175. The molecule has 1 aromatic carbocycles. The molecule has 0 bridgehead atoms. The summed E-state index contributed by atoms with van der Waals surface area (Å²) in [5, 5.41) is 0.175. The zero-order chi connectivity index (χ0) is 14.1. The van der Waals surface area contributed by atoms with Crippen LogP contribution in [0.5, 0.6) is 0 Å². The van der Waals surface area contributed by atoms with Gasteiger partial charge < -0.3 is 0 Å². The van der Waals surface area contributed by atoms with E-state index in [2.05, 4.69) is 21.8 Å². The molecule has 0 N–H and O–H groups in total. The quantitative estimate of drug-likeness (QED) is 0.849. The Morgan fingerprint density at radius 3 is 3.05 bits per heavy atom. The Bertz CT molecular complexity index is 632. The van der Waals surface area contributed by atoms with Crippen molar-refractivity contribution in [2.45, 2.75) is 25.9 Å². The van der Waals surface area contributed by atoms with Crippen LogP contribution in [-0.2, 0) is 13.0 Å². The van der Waals surface area contributed by atoms with Gasteiger partial charge in [-0.25, -0.2) is 14.4 Å². The smallest absolute Gasteiger partial charge is 0.141 e. The van der Waals surface area contributed by atoms with Crippen molar-refractivity contribution in [1.29, 1.82) is 0 Å². The van der Waals surface area contributed by atoms with Crippen LogP contribution in [0.25, 0.3) is 0 Å². The van der Waals surface area contributed by atoms with Gasteiger partial charge in [-0.2, -0.15) is 0 Å². The summed E-state index contributed by atoms with van der Waals surface area (Å²) >= 11 is 5.86. The van der Waals surface area contributed by atoms with Crippen molar-refractivity contribution in [2.24, 2.45) is 0 Å². The van der Waals surface area contributed by atoms with Crippen LogP contribution in [0.2, 0.25) is 5.02 Å². The molecule has 1 unspecified atom stereocenters. The Labute approximate surface area is 122 Å². The molecule has 104 valence electrons. The normalized spacial score (nSPS) is 16.8. The molecule has 0 saturated carbocycles. The van der Waals surface area contributed by atoms with Crippen molar-refractivity contribution in [3.05, 3.63) is 58.4 Å². The first-order valence-corrected chi connectivity index (χ1v) is 6.99. The molecule has 0 spiro atoms. The molecule has 1 aliphatic rings. The largest absolute Gasteiger partial charge is 0.290 e. The third-order valence-electron chi connectivity index (χ3n) is 3.88. The Morgan fingerprint density at radius 2 is 2.25 bits per heavy atom. The maximum absolute atomic E-state index is 13.2. The van der Waals surface area contributed by atoms with E-state index in [0.29, 0.717) is 0 Å². The molecule has 20 heavy (non-hydrogen) atoms. The van der Waals surface area contributed by atoms with Crippen molar-refractivity contribution in [1.82, 2.24) is 14.9 Å². The summed E-state index contributed by atoms with van der Waals surface area (Å²) in [4.78, 5) is 10.7. The van der Waals surface area contributed by atoms with Gasteiger partial charge in [-0.05, 0) is 36.6 Å². The van der Waals surface area contributed by atoms with E-state index < -0.39 is 0 Å². The number of rotatable bonds is 2. The molecule has 0 saturated heterocycles. The van der Waals surface area contributed by atoms with Crippen LogP contribution in [0.3, 0.4) is 0 Å². The van der Waals surface area contributed by atoms with Crippen molar-refractivity contribution in [3.8, 4) is 0 Å². The Hall–Kier alpha value is -1.52. The predicted octanol–water partition coefficient (Wildman–Crippen LogP) is 3.39. The fourth-order valence-electron chi connectivity index (χ4n) is 2.58. The van der Waals surface area contributed by atoms with Gasteiger partial charge in [0.15, 0.2) is 0 Å². The van der Waals surface area contributed by atoms with Gasteiger partial charge in [0.05, 0.1) is 10.7 Å². The number of fused-ring (bicyclic) bond motifs is 1. The van der Waals surface area contributed by atoms with Gasteiger partial charge in [0.2, 0.25) is 0 Å². The van der Waals surface area contributed by atoms with Crippen LogP contribution in [0.15, 0.2) is 30.7 Å². The summed E-state index contributed by atoms with van der Waals surface area (Å²) in [6.07, 6.45) is 4.41. The lowest BCUT2D eigenvalue weighted by Crippen LogP contribution is -2.33. The molecule has 1 atom stereocenters. The van der Waals surface area contributed by atoms with Crippen molar-refractivity contribution in [3.63, 3.8) is 0 Å². The molecule has 3 nitrogen and oxygen atoms in total. The molecule has 0 fully saturated rings. The minimum Gasteiger partial charge on any atom is -0.290 e. The topological polar surface area (TPSA) is 29.0 Å². The zero-order valence-corrected chi connectivity index (χ0v) is 11.9. The van der Waals surface area contributed by atoms with Crippen LogP contribution in [0.1, 0.15) is 29.8 Å². The SMILES string of the molecule is CC(c1ccc(F)c(Cl)c1)N1CCc2cncnc2C1. The van der Waals surface area contributed by atoms with Gasteiger partial charge >= 0.3 is 0 Å². The highest BCUT2D eigenvalue weighted by molar-refractivity contribution is 6.30. The Morgan fingerprint density at radius 1 is 1.40 bits per heavy atom. The highest BCUT2D eigenvalue weighted by Crippen LogP contribution is 2.28. The van der Waals surface area contributed by atoms with E-state index in [-0.39, 0.29) is 16.9 Å². The van der Waals surface area contributed by atoms with E-state index in [1.807, 2.05) is 6.20 Å². The molecule has 3 rings (SSSR count). The average molecular weight is 292 g/mol. The lowest BCUT2D eigenvalue weighted by Gasteiger charge is -2.33. The van der Waals surface area contributed by atoms with E-state index in [1.54, 1.807) is 18.5 Å². The molecule has 0 aliphatic carbocycles. The first kappa shape index (κ1) is 13.5. The molecule has 1 aliphatic heterocycles. The lowest BCUT2D eigenvalue weighted by atomic mass is 10.0. The van der Waals surface area contributed by atoms with E-state index >= 15 is 0 Å². The number of halogens is 2. The summed E-state index contributed by atoms with van der Waals surface area (Å²) in [5.74, 6) is -0.376. The van der Waals surface area contributed by atoms with Crippen molar-refractivity contribution < 1.29 is 4.39 Å². The summed E-state index contributed by atoms with van der Waals surface area (Å²) in [6.45, 7) is 3.83. The molecule has 1 aromatic heterocycles. The highest BCUT2D eigenvalue weighted by Gasteiger charge is 2.23. The third kappa shape index (κ3) is 2.53. The molecule has 2 heterocycles. The number of aromatic nitrogens is 2. The molecular formula is C15H15ClFN3. The second kappa shape index (κ2) is 5.46. The lowest BCUT2D eigenvalue weighted by molar-refractivity contribution is 0.188. The molecule has 2 aromatic rings. The fraction of sp³-hybridized carbons (Fsp3) is 0.333. The maximum atomic E-state index is 13.2. The summed E-state index contributed by atoms with van der Waals surface area (Å²) in [6, 6.07) is 5.10. The fourth-order valence-corrected chi connectivity index (χ4v) is 2.77. The molecular weight excluding hydrogens is 277 g/mol. The first-order chi connectivity index (χ1) is 9.65. The van der Waals surface area contributed by atoms with Gasteiger partial charge in [0.1, 0.15) is 12.1 Å². The molecule has 5 heteroatoms. The molecule has 0 amide bonds. The Kier molecular flexibility index (Phi) is 3.68. The highest BCUT2D eigenvalue weighted by atomic mass is 35.5. The van der Waals surface area contributed by atoms with Gasteiger partial charge in [-0.3, -0.25) is 4.90 Å². The van der Waals surface area contributed by atoms with Gasteiger partial charge in [-0.15, -0.1) is 0 Å². The van der Waals surface area contributed by atoms with Crippen molar-refractivity contribution in [2.75, 3.05) is 6.54 Å². The number of hydrogen-bond donors (Lipinski definition) is 0. The van der Waals surface area contributed by atoms with Crippen LogP contribution in [-0.4, -0.2) is 21.4 Å². The standard InChI is InChI=1S/C15H15ClFN3/c1-10(11-2-3-14(17)13(16)6-11)20-5-4-12-7-18-9-19-15(12)8-20/h2-3,6-7,9-10H,4-5,8H2,1H3. The van der Waals surface area contributed by atoms with Crippen LogP contribution in [0, 0.1) is 5.82 Å². The monoisotopic (exact) mass is 291 g/mol. The van der Waals surface area contributed by atoms with Crippen molar-refractivity contribution >= 4 is 11.6 Å². The Balaban J connectivity index is 1.82. The molecule has 0 radical (unpaired) electrons. The van der Waals surface area contributed by atoms with E-state index in [1.165, 1.54) is 11.6 Å². The maximum Gasteiger partial charge on any atom is 0.141 e. The second-order valence-corrected chi connectivity index (χ2v) is 5.47. The van der Waals surface area contributed by atoms with E-state index in [4.69, 9.17) is 11.6 Å². The average Bonchev–Trinajstić information content (AvgIpc) is 2.49. The first-order valence-electron chi connectivity index (χ1n) is 6.62. The van der Waals surface area contributed by atoms with Gasteiger partial charge in [0.25, 0.3) is 0 Å². The predicted molar refractivity (Wildman–Crippen MR) is 76.0 cm³/mol. The summed E-state index contributed by atoms with van der Waals surface area (Å²) < 4.78 is 13.2. The van der Waals surface area contributed by atoms with E-state index in [9.17, 15) is 4.39 Å². The minimum atomic E-state index is -0.376. The number of nitrogens with zero attached hydrogens (tertiary/aromatic N) is 3.